The van der Waals surface area contributed by atoms with Gasteiger partial charge in [-0.1, -0.05) is 41.9 Å². The second-order valence-corrected chi connectivity index (χ2v) is 6.81. The molecule has 1 heterocycles. The standard InChI is InChI=1S/C21H17ClN2O5/c1-12(29-16-7-6-13-4-2-3-5-14(13)8-16)20(25)23-24-21(26)15-9-17(22)19-18(10-15)27-11-28-19/h2-10,12H,11H2,1H3,(H,23,25)(H,24,26). The van der Waals surface area contributed by atoms with Crippen LogP contribution in [-0.4, -0.2) is 24.7 Å². The van der Waals surface area contributed by atoms with Gasteiger partial charge in [0.15, 0.2) is 17.6 Å². The summed E-state index contributed by atoms with van der Waals surface area (Å²) >= 11 is 6.07. The SMILES string of the molecule is CC(Oc1ccc2ccccc2c1)C(=O)NNC(=O)c1cc(Cl)c2c(c1)OCO2. The molecule has 0 spiro atoms. The quantitative estimate of drug-likeness (QED) is 0.641. The molecule has 0 radical (unpaired) electrons. The molecule has 0 aliphatic carbocycles. The zero-order chi connectivity index (χ0) is 20.4. The normalized spacial score (nSPS) is 13.0. The Balaban J connectivity index is 1.36. The summed E-state index contributed by atoms with van der Waals surface area (Å²) < 4.78 is 16.1. The summed E-state index contributed by atoms with van der Waals surface area (Å²) in [7, 11) is 0. The molecule has 0 aromatic heterocycles. The number of amides is 2. The molecular weight excluding hydrogens is 396 g/mol. The van der Waals surface area contributed by atoms with E-state index in [1.54, 1.807) is 13.0 Å². The van der Waals surface area contributed by atoms with E-state index < -0.39 is 17.9 Å². The number of nitrogens with one attached hydrogen (secondary N) is 2. The summed E-state index contributed by atoms with van der Waals surface area (Å²) in [4.78, 5) is 24.6. The minimum absolute atomic E-state index is 0.0422. The van der Waals surface area contributed by atoms with Crippen LogP contribution in [0.25, 0.3) is 10.8 Å². The Morgan fingerprint density at radius 3 is 2.66 bits per heavy atom. The number of benzene rings is 3. The summed E-state index contributed by atoms with van der Waals surface area (Å²) in [5.74, 6) is 0.279. The maximum atomic E-state index is 12.3. The van der Waals surface area contributed by atoms with E-state index in [1.165, 1.54) is 12.1 Å². The van der Waals surface area contributed by atoms with Crippen molar-refractivity contribution in [3.63, 3.8) is 0 Å². The fourth-order valence-electron chi connectivity index (χ4n) is 2.89. The van der Waals surface area contributed by atoms with E-state index in [2.05, 4.69) is 10.9 Å². The molecule has 1 atom stereocenters. The van der Waals surface area contributed by atoms with Crippen LogP contribution in [0.3, 0.4) is 0 Å². The van der Waals surface area contributed by atoms with Crippen molar-refractivity contribution < 1.29 is 23.8 Å². The van der Waals surface area contributed by atoms with Gasteiger partial charge in [-0.15, -0.1) is 0 Å². The van der Waals surface area contributed by atoms with Gasteiger partial charge in [0.05, 0.1) is 5.02 Å². The third-order valence-electron chi connectivity index (χ3n) is 4.39. The van der Waals surface area contributed by atoms with Crippen molar-refractivity contribution in [1.29, 1.82) is 0 Å². The van der Waals surface area contributed by atoms with E-state index in [0.29, 0.717) is 17.2 Å². The topological polar surface area (TPSA) is 85.9 Å². The Labute approximate surface area is 171 Å². The first-order valence-electron chi connectivity index (χ1n) is 8.86. The lowest BCUT2D eigenvalue weighted by molar-refractivity contribution is -0.128. The van der Waals surface area contributed by atoms with E-state index in [1.807, 2.05) is 36.4 Å². The molecule has 148 valence electrons. The van der Waals surface area contributed by atoms with Crippen LogP contribution in [-0.2, 0) is 4.79 Å². The van der Waals surface area contributed by atoms with Crippen LogP contribution >= 0.6 is 11.6 Å². The molecule has 0 fully saturated rings. The monoisotopic (exact) mass is 412 g/mol. The zero-order valence-corrected chi connectivity index (χ0v) is 16.2. The molecule has 0 bridgehead atoms. The molecule has 3 aromatic carbocycles. The predicted octanol–water partition coefficient (Wildman–Crippen LogP) is 3.45. The Hall–Kier alpha value is -3.45. The van der Waals surface area contributed by atoms with Crippen LogP contribution in [0.1, 0.15) is 17.3 Å². The molecule has 29 heavy (non-hydrogen) atoms. The van der Waals surface area contributed by atoms with Crippen LogP contribution in [0.5, 0.6) is 17.2 Å². The van der Waals surface area contributed by atoms with E-state index in [0.717, 1.165) is 10.8 Å². The van der Waals surface area contributed by atoms with Crippen LogP contribution in [0, 0.1) is 0 Å². The first-order valence-corrected chi connectivity index (χ1v) is 9.24. The molecule has 0 saturated carbocycles. The molecule has 1 aliphatic rings. The van der Waals surface area contributed by atoms with E-state index in [9.17, 15) is 9.59 Å². The number of hydrazine groups is 1. The molecule has 0 saturated heterocycles. The lowest BCUT2D eigenvalue weighted by atomic mass is 10.1. The van der Waals surface area contributed by atoms with Crippen LogP contribution in [0.4, 0.5) is 0 Å². The van der Waals surface area contributed by atoms with Gasteiger partial charge in [-0.05, 0) is 42.0 Å². The van der Waals surface area contributed by atoms with Gasteiger partial charge in [0.2, 0.25) is 6.79 Å². The average Bonchev–Trinajstić information content (AvgIpc) is 3.21. The molecule has 2 N–H and O–H groups in total. The summed E-state index contributed by atoms with van der Waals surface area (Å²) in [5.41, 5.74) is 4.91. The highest BCUT2D eigenvalue weighted by Crippen LogP contribution is 2.39. The Morgan fingerprint density at radius 2 is 1.83 bits per heavy atom. The highest BCUT2D eigenvalue weighted by molar-refractivity contribution is 6.32. The number of carbonyl (C=O) groups excluding carboxylic acids is 2. The summed E-state index contributed by atoms with van der Waals surface area (Å²) in [6.45, 7) is 1.63. The third kappa shape index (κ3) is 4.05. The molecule has 7 nitrogen and oxygen atoms in total. The second-order valence-electron chi connectivity index (χ2n) is 6.40. The minimum atomic E-state index is -0.822. The van der Waals surface area contributed by atoms with Gasteiger partial charge in [0.25, 0.3) is 11.8 Å². The van der Waals surface area contributed by atoms with Gasteiger partial charge >= 0.3 is 0 Å². The molecule has 3 aromatic rings. The Morgan fingerprint density at radius 1 is 1.03 bits per heavy atom. The minimum Gasteiger partial charge on any atom is -0.481 e. The van der Waals surface area contributed by atoms with E-state index in [-0.39, 0.29) is 17.4 Å². The maximum absolute atomic E-state index is 12.3. The molecule has 4 rings (SSSR count). The van der Waals surface area contributed by atoms with Crippen molar-refractivity contribution >= 4 is 34.2 Å². The first-order chi connectivity index (χ1) is 14.0. The van der Waals surface area contributed by atoms with E-state index in [4.69, 9.17) is 25.8 Å². The van der Waals surface area contributed by atoms with Gasteiger partial charge in [0, 0.05) is 5.56 Å². The van der Waals surface area contributed by atoms with Crippen LogP contribution < -0.4 is 25.1 Å². The predicted molar refractivity (Wildman–Crippen MR) is 107 cm³/mol. The van der Waals surface area contributed by atoms with Crippen molar-refractivity contribution in [1.82, 2.24) is 10.9 Å². The lowest BCUT2D eigenvalue weighted by Gasteiger charge is -2.15. The number of ether oxygens (including phenoxy) is 3. The van der Waals surface area contributed by atoms with Gasteiger partial charge < -0.3 is 14.2 Å². The van der Waals surface area contributed by atoms with Crippen LogP contribution in [0.15, 0.2) is 54.6 Å². The number of fused-ring (bicyclic) bond motifs is 2. The molecule has 1 unspecified atom stereocenters. The van der Waals surface area contributed by atoms with Gasteiger partial charge in [-0.2, -0.15) is 0 Å². The van der Waals surface area contributed by atoms with Gasteiger partial charge in [-0.25, -0.2) is 0 Å². The average molecular weight is 413 g/mol. The summed E-state index contributed by atoms with van der Waals surface area (Å²) in [5, 5.41) is 2.33. The number of hydrogen-bond donors (Lipinski definition) is 2. The summed E-state index contributed by atoms with van der Waals surface area (Å²) in [6, 6.07) is 16.3. The van der Waals surface area contributed by atoms with Crippen molar-refractivity contribution in [2.24, 2.45) is 0 Å². The van der Waals surface area contributed by atoms with Crippen LogP contribution in [0.2, 0.25) is 5.02 Å². The Kier molecular flexibility index (Phi) is 5.14. The fraction of sp³-hybridized carbons (Fsp3) is 0.143. The molecule has 1 aliphatic heterocycles. The highest BCUT2D eigenvalue weighted by Gasteiger charge is 2.21. The maximum Gasteiger partial charge on any atom is 0.279 e. The van der Waals surface area contributed by atoms with Gasteiger partial charge in [-0.3, -0.25) is 20.4 Å². The van der Waals surface area contributed by atoms with Crippen molar-refractivity contribution in [2.45, 2.75) is 13.0 Å². The highest BCUT2D eigenvalue weighted by atomic mass is 35.5. The number of hydrogen-bond acceptors (Lipinski definition) is 5. The molecule has 8 heteroatoms. The van der Waals surface area contributed by atoms with E-state index >= 15 is 0 Å². The second kappa shape index (κ2) is 7.89. The molecular formula is C21H17ClN2O5. The summed E-state index contributed by atoms with van der Waals surface area (Å²) in [6.07, 6.45) is -0.822. The first kappa shape index (κ1) is 18.9. The molecule has 2 amide bonds. The fourth-order valence-corrected chi connectivity index (χ4v) is 3.15. The van der Waals surface area contributed by atoms with Crippen molar-refractivity contribution in [3.05, 3.63) is 65.2 Å². The number of halogens is 1. The number of carbonyl (C=O) groups is 2. The van der Waals surface area contributed by atoms with Crippen molar-refractivity contribution in [3.8, 4) is 17.2 Å². The Bertz CT molecular complexity index is 1100. The third-order valence-corrected chi connectivity index (χ3v) is 4.67. The smallest absolute Gasteiger partial charge is 0.279 e. The van der Waals surface area contributed by atoms with Gasteiger partial charge in [0.1, 0.15) is 5.75 Å². The zero-order valence-electron chi connectivity index (χ0n) is 15.4. The lowest BCUT2D eigenvalue weighted by Crippen LogP contribution is -2.47. The largest absolute Gasteiger partial charge is 0.481 e. The van der Waals surface area contributed by atoms with Crippen molar-refractivity contribution in [2.75, 3.05) is 6.79 Å². The number of rotatable bonds is 4.